The fraction of sp³-hybridized carbons (Fsp3) is 0.917. The molecule has 27 heavy (non-hydrogen) atoms. The number of carbonyl (C=O) groups is 1. The Morgan fingerprint density at radius 3 is 1.81 bits per heavy atom. The number of hydrogen-bond donors (Lipinski definition) is 1. The Kier molecular flexibility index (Phi) is 11.3. The minimum Gasteiger partial charge on any atom is -0.748 e. The summed E-state index contributed by atoms with van der Waals surface area (Å²) in [5.41, 5.74) is -6.73. The number of halogens is 7. The summed E-state index contributed by atoms with van der Waals surface area (Å²) in [4.78, 5) is 11.6. The van der Waals surface area contributed by atoms with Crippen molar-refractivity contribution in [3.63, 3.8) is 0 Å². The summed E-state index contributed by atoms with van der Waals surface area (Å²) in [6.45, 7) is 2.50. The van der Waals surface area contributed by atoms with E-state index in [-0.39, 0.29) is 41.7 Å². The molecular formula is C12H17F7NNaO4S2. The zero-order chi connectivity index (χ0) is 21.0. The number of carbonyl (C=O) groups excluding carboxylic acids is 1. The van der Waals surface area contributed by atoms with Crippen LogP contribution in [0.3, 0.4) is 0 Å². The second-order valence-electron chi connectivity index (χ2n) is 6.04. The molecule has 0 aromatic carbocycles. The van der Waals surface area contributed by atoms with E-state index in [4.69, 9.17) is 0 Å². The zero-order valence-electron chi connectivity index (χ0n) is 14.6. The van der Waals surface area contributed by atoms with Crippen LogP contribution in [-0.4, -0.2) is 59.7 Å². The normalized spacial score (nSPS) is 13.9. The molecule has 0 aromatic rings. The maximum absolute atomic E-state index is 13.3. The maximum atomic E-state index is 13.3. The SMILES string of the molecule is CC(C)(CS(=O)(=O)[O-])NC(=O)CCSCCC(F)(C(F)(F)F)C(F)(F)F.[Na+]. The Labute approximate surface area is 178 Å². The van der Waals surface area contributed by atoms with E-state index in [1.807, 2.05) is 0 Å². The molecule has 0 aliphatic carbocycles. The van der Waals surface area contributed by atoms with E-state index in [1.54, 1.807) is 0 Å². The van der Waals surface area contributed by atoms with Gasteiger partial charge in [0.15, 0.2) is 0 Å². The molecule has 0 saturated carbocycles. The molecule has 15 heteroatoms. The molecule has 0 aliphatic rings. The van der Waals surface area contributed by atoms with Crippen molar-refractivity contribution < 1.29 is 78.1 Å². The van der Waals surface area contributed by atoms with Gasteiger partial charge in [-0.3, -0.25) is 4.79 Å². The van der Waals surface area contributed by atoms with Gasteiger partial charge in [0.05, 0.1) is 15.9 Å². The number of hydrogen-bond acceptors (Lipinski definition) is 5. The predicted molar refractivity (Wildman–Crippen MR) is 79.3 cm³/mol. The minimum atomic E-state index is -6.11. The van der Waals surface area contributed by atoms with Crippen LogP contribution in [0.25, 0.3) is 0 Å². The average molecular weight is 459 g/mol. The molecule has 0 saturated heterocycles. The Bertz CT molecular complexity index is 580. The van der Waals surface area contributed by atoms with Crippen LogP contribution in [0.2, 0.25) is 0 Å². The second kappa shape index (κ2) is 10.3. The average Bonchev–Trinajstić information content (AvgIpc) is 2.31. The van der Waals surface area contributed by atoms with Crippen molar-refractivity contribution in [1.82, 2.24) is 5.32 Å². The van der Waals surface area contributed by atoms with Gasteiger partial charge in [-0.1, -0.05) is 0 Å². The monoisotopic (exact) mass is 459 g/mol. The van der Waals surface area contributed by atoms with Crippen LogP contribution in [-0.2, 0) is 14.9 Å². The van der Waals surface area contributed by atoms with Gasteiger partial charge in [-0.2, -0.15) is 38.1 Å². The molecule has 0 bridgehead atoms. The number of thioether (sulfide) groups is 1. The van der Waals surface area contributed by atoms with Crippen molar-refractivity contribution in [2.24, 2.45) is 0 Å². The molecule has 0 aromatic heterocycles. The van der Waals surface area contributed by atoms with Gasteiger partial charge < -0.3 is 9.87 Å². The van der Waals surface area contributed by atoms with E-state index in [0.717, 1.165) is 0 Å². The van der Waals surface area contributed by atoms with Crippen molar-refractivity contribution in [1.29, 1.82) is 0 Å². The molecule has 156 valence electrons. The van der Waals surface area contributed by atoms with Crippen molar-refractivity contribution >= 4 is 27.8 Å². The summed E-state index contributed by atoms with van der Waals surface area (Å²) in [6, 6.07) is 0. The number of rotatable bonds is 9. The van der Waals surface area contributed by atoms with Crippen molar-refractivity contribution in [3.05, 3.63) is 0 Å². The van der Waals surface area contributed by atoms with E-state index in [0.29, 0.717) is 11.8 Å². The third kappa shape index (κ3) is 10.5. The quantitative estimate of drug-likeness (QED) is 0.223. The van der Waals surface area contributed by atoms with Crippen molar-refractivity contribution in [2.45, 2.75) is 50.2 Å². The van der Waals surface area contributed by atoms with Crippen molar-refractivity contribution in [2.75, 3.05) is 17.3 Å². The maximum Gasteiger partial charge on any atom is 1.00 e. The van der Waals surface area contributed by atoms with Gasteiger partial charge in [0.25, 0.3) is 5.67 Å². The molecule has 0 rings (SSSR count). The Morgan fingerprint density at radius 1 is 1.00 bits per heavy atom. The van der Waals surface area contributed by atoms with Gasteiger partial charge in [-0.15, -0.1) is 0 Å². The summed E-state index contributed by atoms with van der Waals surface area (Å²) in [5, 5.41) is 2.20. The van der Waals surface area contributed by atoms with Gasteiger partial charge in [-0.05, 0) is 19.6 Å². The third-order valence-corrected chi connectivity index (χ3v) is 5.04. The third-order valence-electron chi connectivity index (χ3n) is 2.98. The predicted octanol–water partition coefficient (Wildman–Crippen LogP) is -0.223. The fourth-order valence-electron chi connectivity index (χ4n) is 1.84. The molecule has 0 radical (unpaired) electrons. The minimum absolute atomic E-state index is 0. The Morgan fingerprint density at radius 2 is 1.44 bits per heavy atom. The molecule has 0 aliphatic heterocycles. The first-order valence-electron chi connectivity index (χ1n) is 6.95. The van der Waals surface area contributed by atoms with Crippen LogP contribution in [0.5, 0.6) is 0 Å². The zero-order valence-corrected chi connectivity index (χ0v) is 18.3. The van der Waals surface area contributed by atoms with E-state index in [2.05, 4.69) is 5.32 Å². The Balaban J connectivity index is 0. The summed E-state index contributed by atoms with van der Waals surface area (Å²) in [6.07, 6.45) is -14.5. The largest absolute Gasteiger partial charge is 1.00 e. The summed E-state index contributed by atoms with van der Waals surface area (Å²) < 4.78 is 119. The smallest absolute Gasteiger partial charge is 0.748 e. The van der Waals surface area contributed by atoms with Crippen LogP contribution < -0.4 is 34.9 Å². The van der Waals surface area contributed by atoms with Crippen LogP contribution in [0, 0.1) is 0 Å². The molecule has 0 atom stereocenters. The van der Waals surface area contributed by atoms with E-state index >= 15 is 0 Å². The molecule has 0 fully saturated rings. The first-order chi connectivity index (χ1) is 11.3. The van der Waals surface area contributed by atoms with Gasteiger partial charge in [0.1, 0.15) is 0 Å². The topological polar surface area (TPSA) is 86.3 Å². The molecule has 0 unspecified atom stereocenters. The molecule has 1 amide bonds. The van der Waals surface area contributed by atoms with Crippen molar-refractivity contribution in [3.8, 4) is 0 Å². The van der Waals surface area contributed by atoms with Crippen LogP contribution in [0.4, 0.5) is 30.7 Å². The van der Waals surface area contributed by atoms with Gasteiger partial charge in [0.2, 0.25) is 5.91 Å². The van der Waals surface area contributed by atoms with Gasteiger partial charge in [-0.25, -0.2) is 12.8 Å². The van der Waals surface area contributed by atoms with Gasteiger partial charge in [0, 0.05) is 24.1 Å². The van der Waals surface area contributed by atoms with Gasteiger partial charge >= 0.3 is 41.9 Å². The van der Waals surface area contributed by atoms with E-state index in [1.165, 1.54) is 13.8 Å². The van der Waals surface area contributed by atoms with Crippen LogP contribution in [0.1, 0.15) is 26.7 Å². The van der Waals surface area contributed by atoms with E-state index < -0.39 is 57.5 Å². The number of amides is 1. The molecule has 1 N–H and O–H groups in total. The summed E-state index contributed by atoms with van der Waals surface area (Å²) in [7, 11) is -4.63. The number of nitrogens with one attached hydrogen (secondary N) is 1. The fourth-order valence-corrected chi connectivity index (χ4v) is 3.76. The van der Waals surface area contributed by atoms with Crippen LogP contribution in [0.15, 0.2) is 0 Å². The number of alkyl halides is 7. The standard InChI is InChI=1S/C12H18F7NO4S2.Na/c1-9(2,7-26(22,23)24)20-8(21)3-5-25-6-4-10(13,11(14,15)16)12(17,18)19;/h3-7H2,1-2H3,(H,20,21)(H,22,23,24);/q;+1/p-1. The summed E-state index contributed by atoms with van der Waals surface area (Å²) >= 11 is 0.499. The first kappa shape index (κ1) is 29.4. The Hall–Kier alpha value is 0.240. The van der Waals surface area contributed by atoms with Crippen LogP contribution >= 0.6 is 11.8 Å². The second-order valence-corrected chi connectivity index (χ2v) is 8.67. The summed E-state index contributed by atoms with van der Waals surface area (Å²) in [5.74, 6) is -2.73. The molecule has 0 heterocycles. The molecular weight excluding hydrogens is 442 g/mol. The van der Waals surface area contributed by atoms with E-state index in [9.17, 15) is 48.5 Å². The molecule has 0 spiro atoms. The first-order valence-corrected chi connectivity index (χ1v) is 9.69. The molecule has 5 nitrogen and oxygen atoms in total.